The van der Waals surface area contributed by atoms with Gasteiger partial charge in [-0.2, -0.15) is 0 Å². The molecule has 1 aromatic heterocycles. The maximum absolute atomic E-state index is 12.2. The largest absolute Gasteiger partial charge is 0.494 e. The first-order valence-electron chi connectivity index (χ1n) is 6.87. The number of hydrogen-bond acceptors (Lipinski definition) is 4. The van der Waals surface area contributed by atoms with Crippen molar-refractivity contribution >= 4 is 29.1 Å². The second-order valence-corrected chi connectivity index (χ2v) is 4.95. The van der Waals surface area contributed by atoms with Crippen LogP contribution < -0.4 is 15.4 Å². The Morgan fingerprint density at radius 1 is 1.32 bits per heavy atom. The third-order valence-corrected chi connectivity index (χ3v) is 3.08. The van der Waals surface area contributed by atoms with Crippen molar-refractivity contribution in [3.63, 3.8) is 0 Å². The Morgan fingerprint density at radius 3 is 2.86 bits per heavy atom. The predicted molar refractivity (Wildman–Crippen MR) is 90.3 cm³/mol. The first-order chi connectivity index (χ1) is 10.6. The molecule has 0 radical (unpaired) electrons. The molecule has 22 heavy (non-hydrogen) atoms. The van der Waals surface area contributed by atoms with Crippen LogP contribution in [0.5, 0.6) is 5.75 Å². The summed E-state index contributed by atoms with van der Waals surface area (Å²) in [5.41, 5.74) is 1.42. The lowest BCUT2D eigenvalue weighted by Gasteiger charge is -2.11. The van der Waals surface area contributed by atoms with Crippen LogP contribution in [-0.2, 0) is 0 Å². The van der Waals surface area contributed by atoms with Crippen LogP contribution in [0.2, 0.25) is 0 Å². The first kappa shape index (κ1) is 15.9. The molecular weight excluding hydrogens is 298 g/mol. The van der Waals surface area contributed by atoms with Crippen molar-refractivity contribution in [1.82, 2.24) is 10.3 Å². The second-order valence-electron chi connectivity index (χ2n) is 4.54. The van der Waals surface area contributed by atoms with E-state index in [1.807, 2.05) is 26.0 Å². The molecule has 6 heteroatoms. The molecule has 0 unspecified atom stereocenters. The molecule has 0 aliphatic carbocycles. The minimum Gasteiger partial charge on any atom is -0.494 e. The molecule has 0 saturated carbocycles. The van der Waals surface area contributed by atoms with E-state index in [9.17, 15) is 4.79 Å². The van der Waals surface area contributed by atoms with Gasteiger partial charge < -0.3 is 10.1 Å². The number of nitrogens with zero attached hydrogens (tertiary/aromatic N) is 1. The minimum atomic E-state index is -0.298. The number of thiocarbonyl (C=S) groups is 1. The summed E-state index contributed by atoms with van der Waals surface area (Å²) in [7, 11) is 0. The number of carbonyl (C=O) groups is 1. The lowest BCUT2D eigenvalue weighted by molar-refractivity contribution is 0.0977. The lowest BCUT2D eigenvalue weighted by atomic mass is 10.2. The molecule has 1 aromatic carbocycles. The van der Waals surface area contributed by atoms with Crippen LogP contribution in [0, 0.1) is 6.92 Å². The molecule has 0 atom stereocenters. The maximum Gasteiger partial charge on any atom is 0.257 e. The van der Waals surface area contributed by atoms with Gasteiger partial charge in [0.2, 0.25) is 0 Å². The molecule has 0 aliphatic heterocycles. The Balaban J connectivity index is 2.01. The third-order valence-electron chi connectivity index (χ3n) is 2.88. The van der Waals surface area contributed by atoms with Crippen LogP contribution in [0.1, 0.15) is 22.8 Å². The van der Waals surface area contributed by atoms with E-state index >= 15 is 0 Å². The van der Waals surface area contributed by atoms with Gasteiger partial charge in [0.1, 0.15) is 11.6 Å². The van der Waals surface area contributed by atoms with E-state index in [1.165, 1.54) is 0 Å². The quantitative estimate of drug-likeness (QED) is 0.849. The van der Waals surface area contributed by atoms with E-state index in [0.29, 0.717) is 23.7 Å². The molecular formula is C16H17N3O2S. The summed E-state index contributed by atoms with van der Waals surface area (Å²) >= 11 is 5.14. The molecule has 2 aromatic rings. The van der Waals surface area contributed by atoms with E-state index in [2.05, 4.69) is 15.6 Å². The lowest BCUT2D eigenvalue weighted by Crippen LogP contribution is -2.34. The van der Waals surface area contributed by atoms with Gasteiger partial charge in [0, 0.05) is 11.8 Å². The molecule has 0 saturated heterocycles. The van der Waals surface area contributed by atoms with Gasteiger partial charge in [-0.1, -0.05) is 12.1 Å². The van der Waals surface area contributed by atoms with Crippen molar-refractivity contribution in [1.29, 1.82) is 0 Å². The number of ether oxygens (including phenoxy) is 1. The van der Waals surface area contributed by atoms with Crippen LogP contribution in [0.25, 0.3) is 0 Å². The first-order valence-corrected chi connectivity index (χ1v) is 7.27. The van der Waals surface area contributed by atoms with E-state index < -0.39 is 0 Å². The van der Waals surface area contributed by atoms with Crippen LogP contribution in [0.3, 0.4) is 0 Å². The fourth-order valence-electron chi connectivity index (χ4n) is 1.82. The van der Waals surface area contributed by atoms with Crippen molar-refractivity contribution < 1.29 is 9.53 Å². The highest BCUT2D eigenvalue weighted by Crippen LogP contribution is 2.13. The zero-order valence-electron chi connectivity index (χ0n) is 12.4. The van der Waals surface area contributed by atoms with Gasteiger partial charge >= 0.3 is 0 Å². The van der Waals surface area contributed by atoms with Crippen molar-refractivity contribution in [3.05, 3.63) is 53.7 Å². The Morgan fingerprint density at radius 2 is 2.14 bits per heavy atom. The van der Waals surface area contributed by atoms with Crippen LogP contribution in [0.15, 0.2) is 42.6 Å². The standard InChI is InChI=1S/C16H17N3O2S/c1-3-21-13-8-4-7-12(10-13)15(20)19-16(22)18-14-11(2)6-5-9-17-14/h4-10H,3H2,1-2H3,(H2,17,18,19,20,22). The zero-order chi connectivity index (χ0) is 15.9. The van der Waals surface area contributed by atoms with Gasteiger partial charge in [0.15, 0.2) is 5.11 Å². The fourth-order valence-corrected chi connectivity index (χ4v) is 2.01. The number of rotatable bonds is 4. The average molecular weight is 315 g/mol. The molecule has 2 N–H and O–H groups in total. The molecule has 5 nitrogen and oxygen atoms in total. The molecule has 0 spiro atoms. The number of carbonyl (C=O) groups excluding carboxylic acids is 1. The number of aryl methyl sites for hydroxylation is 1. The topological polar surface area (TPSA) is 63.2 Å². The number of amides is 1. The molecule has 1 heterocycles. The third kappa shape index (κ3) is 4.26. The van der Waals surface area contributed by atoms with Gasteiger partial charge in [0.25, 0.3) is 5.91 Å². The van der Waals surface area contributed by atoms with Crippen LogP contribution in [-0.4, -0.2) is 22.6 Å². The van der Waals surface area contributed by atoms with E-state index in [4.69, 9.17) is 17.0 Å². The summed E-state index contributed by atoms with van der Waals surface area (Å²) in [6, 6.07) is 10.7. The Labute approximate surface area is 134 Å². The summed E-state index contributed by atoms with van der Waals surface area (Å²) in [5.74, 6) is 0.970. The zero-order valence-corrected chi connectivity index (χ0v) is 13.2. The fraction of sp³-hybridized carbons (Fsp3) is 0.188. The predicted octanol–water partition coefficient (Wildman–Crippen LogP) is 2.92. The van der Waals surface area contributed by atoms with Gasteiger partial charge in [-0.25, -0.2) is 4.98 Å². The number of nitrogens with one attached hydrogen (secondary N) is 2. The summed E-state index contributed by atoms with van der Waals surface area (Å²) < 4.78 is 5.37. The van der Waals surface area contributed by atoms with Crippen molar-refractivity contribution in [2.75, 3.05) is 11.9 Å². The maximum atomic E-state index is 12.2. The number of benzene rings is 1. The number of anilines is 1. The van der Waals surface area contributed by atoms with Gasteiger partial charge in [-0.15, -0.1) is 0 Å². The smallest absolute Gasteiger partial charge is 0.257 e. The summed E-state index contributed by atoms with van der Waals surface area (Å²) in [6.07, 6.45) is 1.66. The highest BCUT2D eigenvalue weighted by molar-refractivity contribution is 7.80. The SMILES string of the molecule is CCOc1cccc(C(=O)NC(=S)Nc2ncccc2C)c1. The van der Waals surface area contributed by atoms with E-state index in [-0.39, 0.29) is 11.0 Å². The monoisotopic (exact) mass is 315 g/mol. The number of hydrogen-bond donors (Lipinski definition) is 2. The average Bonchev–Trinajstić information content (AvgIpc) is 2.50. The molecule has 0 fully saturated rings. The van der Waals surface area contributed by atoms with Crippen molar-refractivity contribution in [2.24, 2.45) is 0 Å². The molecule has 0 aliphatic rings. The van der Waals surface area contributed by atoms with E-state index in [0.717, 1.165) is 5.56 Å². The second kappa shape index (κ2) is 7.51. The number of pyridine rings is 1. The van der Waals surface area contributed by atoms with Crippen LogP contribution >= 0.6 is 12.2 Å². The molecule has 1 amide bonds. The summed E-state index contributed by atoms with van der Waals surface area (Å²) in [5, 5.41) is 5.74. The van der Waals surface area contributed by atoms with Gasteiger partial charge in [0.05, 0.1) is 6.61 Å². The highest BCUT2D eigenvalue weighted by Gasteiger charge is 2.10. The Kier molecular flexibility index (Phi) is 5.43. The van der Waals surface area contributed by atoms with Crippen LogP contribution in [0.4, 0.5) is 5.82 Å². The highest BCUT2D eigenvalue weighted by atomic mass is 32.1. The summed E-state index contributed by atoms with van der Waals surface area (Å²) in [4.78, 5) is 16.3. The van der Waals surface area contributed by atoms with Gasteiger partial charge in [-0.3, -0.25) is 10.1 Å². The number of aromatic nitrogens is 1. The van der Waals surface area contributed by atoms with Crippen molar-refractivity contribution in [3.8, 4) is 5.75 Å². The van der Waals surface area contributed by atoms with Crippen molar-refractivity contribution in [2.45, 2.75) is 13.8 Å². The Bertz CT molecular complexity index is 689. The molecule has 2 rings (SSSR count). The Hall–Kier alpha value is -2.47. The van der Waals surface area contributed by atoms with Gasteiger partial charge in [-0.05, 0) is 55.9 Å². The van der Waals surface area contributed by atoms with E-state index in [1.54, 1.807) is 30.5 Å². The minimum absolute atomic E-state index is 0.202. The normalized spacial score (nSPS) is 9.91. The summed E-state index contributed by atoms with van der Waals surface area (Å²) in [6.45, 7) is 4.34. The molecule has 114 valence electrons. The molecule has 0 bridgehead atoms.